The molecule has 0 radical (unpaired) electrons. The molecule has 1 saturated heterocycles. The molecular weight excluding hydrogens is 400 g/mol. The van der Waals surface area contributed by atoms with E-state index in [-0.39, 0.29) is 18.4 Å². The van der Waals surface area contributed by atoms with Gasteiger partial charge in [-0.1, -0.05) is 6.07 Å². The monoisotopic (exact) mass is 420 g/mol. The highest BCUT2D eigenvalue weighted by molar-refractivity contribution is 7.99. The van der Waals surface area contributed by atoms with E-state index < -0.39 is 6.04 Å². The Bertz CT molecular complexity index is 1180. The van der Waals surface area contributed by atoms with Crippen LogP contribution in [0.15, 0.2) is 36.7 Å². The van der Waals surface area contributed by atoms with Crippen LogP contribution < -0.4 is 5.32 Å². The summed E-state index contributed by atoms with van der Waals surface area (Å²) in [6.07, 6.45) is 3.52. The number of aryl methyl sites for hydroxylation is 2. The number of nitrogens with zero attached hydrogens (tertiary/aromatic N) is 5. The van der Waals surface area contributed by atoms with Crippen molar-refractivity contribution >= 4 is 34.5 Å². The van der Waals surface area contributed by atoms with Crippen LogP contribution in [0.4, 0.5) is 0 Å². The van der Waals surface area contributed by atoms with E-state index in [2.05, 4.69) is 21.5 Å². The molecule has 1 aromatic carbocycles. The molecule has 1 aliphatic rings. The lowest BCUT2D eigenvalue weighted by atomic mass is 10.0. The van der Waals surface area contributed by atoms with Crippen LogP contribution in [-0.2, 0) is 11.8 Å². The maximum atomic E-state index is 12.9. The van der Waals surface area contributed by atoms with Gasteiger partial charge in [0, 0.05) is 36.1 Å². The number of rotatable bonds is 4. The fourth-order valence-corrected chi connectivity index (χ4v) is 4.65. The summed E-state index contributed by atoms with van der Waals surface area (Å²) in [5.74, 6) is 0.460. The summed E-state index contributed by atoms with van der Waals surface area (Å²) in [6.45, 7) is 1.79. The Labute approximate surface area is 177 Å². The molecule has 1 N–H and O–H groups in total. The van der Waals surface area contributed by atoms with Crippen molar-refractivity contribution in [2.75, 3.05) is 18.2 Å². The molecule has 0 spiro atoms. The minimum absolute atomic E-state index is 0.150. The maximum Gasteiger partial charge on any atom is 0.252 e. The van der Waals surface area contributed by atoms with Gasteiger partial charge in [0.25, 0.3) is 5.91 Å². The molecule has 1 fully saturated rings. The van der Waals surface area contributed by atoms with E-state index in [1.165, 1.54) is 16.7 Å². The molecule has 4 rings (SSSR count). The zero-order chi connectivity index (χ0) is 21.3. The number of benzene rings is 1. The van der Waals surface area contributed by atoms with Crippen LogP contribution in [0.25, 0.3) is 22.0 Å². The van der Waals surface area contributed by atoms with Crippen molar-refractivity contribution in [1.82, 2.24) is 25.0 Å². The molecule has 1 atom stereocenters. The summed E-state index contributed by atoms with van der Waals surface area (Å²) in [7, 11) is 1.87. The summed E-state index contributed by atoms with van der Waals surface area (Å²) in [5.41, 5.74) is 3.97. The van der Waals surface area contributed by atoms with Gasteiger partial charge >= 0.3 is 0 Å². The maximum absolute atomic E-state index is 12.9. The Morgan fingerprint density at radius 3 is 2.93 bits per heavy atom. The van der Waals surface area contributed by atoms with Crippen LogP contribution in [0, 0.1) is 18.3 Å². The first kappa shape index (κ1) is 19.9. The average Bonchev–Trinajstić information content (AvgIpc) is 3.36. The van der Waals surface area contributed by atoms with Gasteiger partial charge in [0.15, 0.2) is 0 Å². The third-order valence-electron chi connectivity index (χ3n) is 5.06. The molecular formula is C21H20N6O2S. The van der Waals surface area contributed by atoms with Gasteiger partial charge in [0.2, 0.25) is 5.91 Å². The van der Waals surface area contributed by atoms with Crippen molar-refractivity contribution in [1.29, 1.82) is 5.26 Å². The lowest BCUT2D eigenvalue weighted by Crippen LogP contribution is -2.42. The van der Waals surface area contributed by atoms with Crippen molar-refractivity contribution in [3.63, 3.8) is 0 Å². The van der Waals surface area contributed by atoms with Crippen molar-refractivity contribution in [3.8, 4) is 17.2 Å². The Balaban J connectivity index is 1.58. The Hall–Kier alpha value is -3.38. The first-order valence-corrected chi connectivity index (χ1v) is 10.6. The van der Waals surface area contributed by atoms with Crippen molar-refractivity contribution in [2.24, 2.45) is 7.05 Å². The number of carbonyl (C=O) groups is 2. The van der Waals surface area contributed by atoms with Gasteiger partial charge in [-0.05, 0) is 30.7 Å². The standard InChI is InChI=1S/C21H20N6O2S/c1-13-18(10-26(2)25-13)14-3-4-19-17(7-14)16(5-6-23-19)21(29)24-9-20(28)27-12-30-11-15(27)8-22/h3-7,10,15H,9,11-12H2,1-2H3,(H,24,29). The zero-order valence-electron chi connectivity index (χ0n) is 16.6. The summed E-state index contributed by atoms with van der Waals surface area (Å²) in [6, 6.07) is 9.08. The normalized spacial score (nSPS) is 15.9. The highest BCUT2D eigenvalue weighted by Crippen LogP contribution is 2.27. The number of carbonyl (C=O) groups excluding carboxylic acids is 2. The van der Waals surface area contributed by atoms with Crippen LogP contribution >= 0.6 is 11.8 Å². The first-order chi connectivity index (χ1) is 14.5. The predicted molar refractivity (Wildman–Crippen MR) is 115 cm³/mol. The van der Waals surface area contributed by atoms with Crippen molar-refractivity contribution in [3.05, 3.63) is 47.9 Å². The van der Waals surface area contributed by atoms with Crippen LogP contribution in [-0.4, -0.2) is 55.7 Å². The van der Waals surface area contributed by atoms with Gasteiger partial charge in [-0.3, -0.25) is 19.3 Å². The number of fused-ring (bicyclic) bond motifs is 1. The molecule has 9 heteroatoms. The predicted octanol–water partition coefficient (Wildman–Crippen LogP) is 2.10. The fourth-order valence-electron chi connectivity index (χ4n) is 3.54. The Morgan fingerprint density at radius 1 is 1.37 bits per heavy atom. The smallest absolute Gasteiger partial charge is 0.252 e. The van der Waals surface area contributed by atoms with Crippen LogP contribution in [0.2, 0.25) is 0 Å². The number of aromatic nitrogens is 3. The third kappa shape index (κ3) is 3.74. The largest absolute Gasteiger partial charge is 0.343 e. The second-order valence-electron chi connectivity index (χ2n) is 7.08. The SMILES string of the molecule is Cc1nn(C)cc1-c1ccc2nccc(C(=O)NCC(=O)N3CSCC3C#N)c2c1. The van der Waals surface area contributed by atoms with Gasteiger partial charge in [-0.15, -0.1) is 11.8 Å². The molecule has 0 bridgehead atoms. The minimum atomic E-state index is -0.438. The molecule has 8 nitrogen and oxygen atoms in total. The first-order valence-electron chi connectivity index (χ1n) is 9.42. The number of thioether (sulfide) groups is 1. The van der Waals surface area contributed by atoms with Gasteiger partial charge in [0.05, 0.1) is 35.3 Å². The number of hydrogen-bond acceptors (Lipinski definition) is 6. The van der Waals surface area contributed by atoms with E-state index in [0.29, 0.717) is 28.1 Å². The van der Waals surface area contributed by atoms with E-state index in [1.54, 1.807) is 16.9 Å². The van der Waals surface area contributed by atoms with Crippen molar-refractivity contribution < 1.29 is 9.59 Å². The molecule has 2 aromatic heterocycles. The fraction of sp³-hybridized carbons (Fsp3) is 0.286. The summed E-state index contributed by atoms with van der Waals surface area (Å²) >= 11 is 1.53. The molecule has 1 unspecified atom stereocenters. The van der Waals surface area contributed by atoms with Gasteiger partial charge < -0.3 is 10.2 Å². The number of pyridine rings is 1. The summed E-state index contributed by atoms with van der Waals surface area (Å²) in [5, 5.41) is 16.9. The number of amides is 2. The van der Waals surface area contributed by atoms with Gasteiger partial charge in [0.1, 0.15) is 6.04 Å². The average molecular weight is 420 g/mol. The number of nitriles is 1. The van der Waals surface area contributed by atoms with E-state index in [1.807, 2.05) is 38.4 Å². The Morgan fingerprint density at radius 2 is 2.20 bits per heavy atom. The zero-order valence-corrected chi connectivity index (χ0v) is 17.4. The minimum Gasteiger partial charge on any atom is -0.343 e. The van der Waals surface area contributed by atoms with Gasteiger partial charge in [-0.25, -0.2) is 0 Å². The molecule has 3 heterocycles. The number of nitrogens with one attached hydrogen (secondary N) is 1. The lowest BCUT2D eigenvalue weighted by Gasteiger charge is -2.18. The van der Waals surface area contributed by atoms with Crippen LogP contribution in [0.3, 0.4) is 0 Å². The van der Waals surface area contributed by atoms with Crippen molar-refractivity contribution in [2.45, 2.75) is 13.0 Å². The molecule has 1 aliphatic heterocycles. The highest BCUT2D eigenvalue weighted by Gasteiger charge is 2.29. The molecule has 0 saturated carbocycles. The molecule has 0 aliphatic carbocycles. The Kier molecular flexibility index (Phi) is 5.42. The topological polar surface area (TPSA) is 104 Å². The van der Waals surface area contributed by atoms with Crippen LogP contribution in [0.1, 0.15) is 16.1 Å². The van der Waals surface area contributed by atoms with Gasteiger partial charge in [-0.2, -0.15) is 10.4 Å². The third-order valence-corrected chi connectivity index (χ3v) is 6.07. The quantitative estimate of drug-likeness (QED) is 0.693. The van der Waals surface area contributed by atoms with E-state index >= 15 is 0 Å². The summed E-state index contributed by atoms with van der Waals surface area (Å²) in [4.78, 5) is 31.1. The molecule has 30 heavy (non-hydrogen) atoms. The van der Waals surface area contributed by atoms with Crippen LogP contribution in [0.5, 0.6) is 0 Å². The second kappa shape index (κ2) is 8.16. The van der Waals surface area contributed by atoms with E-state index in [4.69, 9.17) is 5.26 Å². The molecule has 3 aromatic rings. The van der Waals surface area contributed by atoms with E-state index in [9.17, 15) is 9.59 Å². The summed E-state index contributed by atoms with van der Waals surface area (Å²) < 4.78 is 1.75. The highest BCUT2D eigenvalue weighted by atomic mass is 32.2. The second-order valence-corrected chi connectivity index (χ2v) is 8.08. The lowest BCUT2D eigenvalue weighted by molar-refractivity contribution is -0.129. The van der Waals surface area contributed by atoms with E-state index in [0.717, 1.165) is 16.8 Å². The molecule has 152 valence electrons. The number of hydrogen-bond donors (Lipinski definition) is 1. The molecule has 2 amide bonds.